The first kappa shape index (κ1) is 14.7. The fourth-order valence-corrected chi connectivity index (χ4v) is 4.65. The van der Waals surface area contributed by atoms with Crippen molar-refractivity contribution in [2.45, 2.75) is 26.2 Å². The number of piperidine rings is 1. The molecule has 0 aliphatic carbocycles. The van der Waals surface area contributed by atoms with Gasteiger partial charge >= 0.3 is 0 Å². The van der Waals surface area contributed by atoms with E-state index in [0.29, 0.717) is 24.5 Å². The van der Waals surface area contributed by atoms with Gasteiger partial charge in [0, 0.05) is 18.5 Å². The molecule has 2 aliphatic rings. The smallest absolute Gasteiger partial charge is 0.226 e. The minimum Gasteiger partial charge on any atom is -0.393 e. The van der Waals surface area contributed by atoms with Crippen LogP contribution < -0.4 is 5.73 Å². The number of nitrogens with two attached hydrogens (primary N) is 1. The number of rotatable bonds is 2. The quantitative estimate of drug-likeness (QED) is 0.744. The van der Waals surface area contributed by atoms with E-state index in [-0.39, 0.29) is 28.7 Å². The molecule has 1 amide bonds. The molecule has 2 rings (SSSR count). The Balaban J connectivity index is 1.95. The van der Waals surface area contributed by atoms with Crippen molar-refractivity contribution in [3.05, 3.63) is 0 Å². The number of amides is 1. The summed E-state index contributed by atoms with van der Waals surface area (Å²) in [4.78, 5) is 14.5. The van der Waals surface area contributed by atoms with Gasteiger partial charge < -0.3 is 10.6 Å². The molecule has 1 atom stereocenters. The van der Waals surface area contributed by atoms with Crippen molar-refractivity contribution in [3.63, 3.8) is 0 Å². The van der Waals surface area contributed by atoms with Crippen LogP contribution in [0.1, 0.15) is 26.2 Å². The van der Waals surface area contributed by atoms with E-state index in [2.05, 4.69) is 0 Å². The van der Waals surface area contributed by atoms with Crippen LogP contribution in [0.4, 0.5) is 0 Å². The average Bonchev–Trinajstić information content (AvgIpc) is 2.69. The molecule has 0 radical (unpaired) electrons. The highest BCUT2D eigenvalue weighted by Crippen LogP contribution is 2.32. The van der Waals surface area contributed by atoms with Crippen molar-refractivity contribution in [2.75, 3.05) is 24.6 Å². The highest BCUT2D eigenvalue weighted by molar-refractivity contribution is 7.91. The largest absolute Gasteiger partial charge is 0.393 e. The van der Waals surface area contributed by atoms with Gasteiger partial charge in [-0.3, -0.25) is 4.79 Å². The van der Waals surface area contributed by atoms with Gasteiger partial charge in [0.1, 0.15) is 0 Å². The Morgan fingerprint density at radius 1 is 1.37 bits per heavy atom. The molecule has 2 N–H and O–H groups in total. The summed E-state index contributed by atoms with van der Waals surface area (Å²) in [6.45, 7) is 3.25. The maximum absolute atomic E-state index is 12.3. The maximum Gasteiger partial charge on any atom is 0.226 e. The minimum atomic E-state index is -3.00. The van der Waals surface area contributed by atoms with Crippen molar-refractivity contribution >= 4 is 33.0 Å². The zero-order valence-corrected chi connectivity index (χ0v) is 12.7. The van der Waals surface area contributed by atoms with Crippen LogP contribution in [-0.4, -0.2) is 48.8 Å². The third-order valence-corrected chi connectivity index (χ3v) is 6.62. The summed E-state index contributed by atoms with van der Waals surface area (Å²) < 4.78 is 22.8. The van der Waals surface area contributed by atoms with E-state index < -0.39 is 9.84 Å². The molecule has 0 saturated carbocycles. The maximum atomic E-state index is 12.3. The normalized spacial score (nSPS) is 29.1. The van der Waals surface area contributed by atoms with Crippen LogP contribution in [-0.2, 0) is 14.6 Å². The van der Waals surface area contributed by atoms with Gasteiger partial charge in [-0.2, -0.15) is 0 Å². The molecular weight excluding hydrogens is 284 g/mol. The summed E-state index contributed by atoms with van der Waals surface area (Å²) in [6.07, 6.45) is 1.98. The van der Waals surface area contributed by atoms with Crippen LogP contribution in [0.3, 0.4) is 0 Å². The summed E-state index contributed by atoms with van der Waals surface area (Å²) >= 11 is 5.07. The summed E-state index contributed by atoms with van der Waals surface area (Å²) in [5.74, 6) is -0.221. The number of sulfone groups is 1. The van der Waals surface area contributed by atoms with Crippen molar-refractivity contribution in [1.82, 2.24) is 4.90 Å². The van der Waals surface area contributed by atoms with E-state index in [9.17, 15) is 13.2 Å². The zero-order chi connectivity index (χ0) is 14.3. The highest BCUT2D eigenvalue weighted by atomic mass is 32.2. The number of hydrogen-bond acceptors (Lipinski definition) is 4. The van der Waals surface area contributed by atoms with Gasteiger partial charge in [0.2, 0.25) is 5.91 Å². The van der Waals surface area contributed by atoms with E-state index >= 15 is 0 Å². The fourth-order valence-electron chi connectivity index (χ4n) is 2.72. The monoisotopic (exact) mass is 304 g/mol. The van der Waals surface area contributed by atoms with E-state index in [1.807, 2.05) is 6.92 Å². The summed E-state index contributed by atoms with van der Waals surface area (Å²) in [7, 11) is -3.00. The Labute approximate surface area is 119 Å². The van der Waals surface area contributed by atoms with Crippen LogP contribution >= 0.6 is 12.2 Å². The molecule has 19 heavy (non-hydrogen) atoms. The van der Waals surface area contributed by atoms with Gasteiger partial charge in [0.05, 0.1) is 22.4 Å². The Bertz CT molecular complexity index is 493. The number of carbonyl (C=O) groups is 1. The average molecular weight is 304 g/mol. The van der Waals surface area contributed by atoms with Crippen LogP contribution in [0.25, 0.3) is 0 Å². The molecule has 2 fully saturated rings. The predicted octanol–water partition coefficient (Wildman–Crippen LogP) is 0.336. The minimum absolute atomic E-state index is 0.00883. The van der Waals surface area contributed by atoms with Gasteiger partial charge in [-0.25, -0.2) is 8.42 Å². The first-order valence-electron chi connectivity index (χ1n) is 6.53. The molecule has 0 aromatic carbocycles. The first-order chi connectivity index (χ1) is 8.73. The molecule has 2 aliphatic heterocycles. The third kappa shape index (κ3) is 3.08. The topological polar surface area (TPSA) is 80.5 Å². The molecule has 0 spiro atoms. The molecule has 2 saturated heterocycles. The Morgan fingerprint density at radius 3 is 2.37 bits per heavy atom. The standard InChI is InChI=1S/C12H20N2O3S2/c1-12(11(13)18)3-5-14(6-4-12)10(15)9-2-7-19(16,17)8-9/h9H,2-8H2,1H3,(H2,13,18). The van der Waals surface area contributed by atoms with Gasteiger partial charge in [-0.15, -0.1) is 0 Å². The molecule has 0 aromatic heterocycles. The lowest BCUT2D eigenvalue weighted by Crippen LogP contribution is -2.48. The molecule has 108 valence electrons. The lowest BCUT2D eigenvalue weighted by molar-refractivity contribution is -0.136. The lowest BCUT2D eigenvalue weighted by Gasteiger charge is -2.39. The first-order valence-corrected chi connectivity index (χ1v) is 8.76. The van der Waals surface area contributed by atoms with E-state index in [1.54, 1.807) is 4.90 Å². The summed E-state index contributed by atoms with van der Waals surface area (Å²) in [6, 6.07) is 0. The Kier molecular flexibility index (Phi) is 3.88. The van der Waals surface area contributed by atoms with Crippen molar-refractivity contribution in [1.29, 1.82) is 0 Å². The molecular formula is C12H20N2O3S2. The molecule has 2 heterocycles. The molecule has 1 unspecified atom stereocenters. The summed E-state index contributed by atoms with van der Waals surface area (Å²) in [5, 5.41) is 0. The van der Waals surface area contributed by atoms with Gasteiger partial charge in [0.15, 0.2) is 9.84 Å². The second-order valence-electron chi connectivity index (χ2n) is 5.85. The third-order valence-electron chi connectivity index (χ3n) is 4.36. The second-order valence-corrected chi connectivity index (χ2v) is 8.52. The highest BCUT2D eigenvalue weighted by Gasteiger charge is 2.39. The second kappa shape index (κ2) is 5.01. The number of hydrogen-bond donors (Lipinski definition) is 1. The number of carbonyl (C=O) groups excluding carboxylic acids is 1. The van der Waals surface area contributed by atoms with Crippen LogP contribution in [0.15, 0.2) is 0 Å². The Morgan fingerprint density at radius 2 is 1.95 bits per heavy atom. The van der Waals surface area contributed by atoms with E-state index in [1.165, 1.54) is 0 Å². The molecule has 0 bridgehead atoms. The van der Waals surface area contributed by atoms with Gasteiger partial charge in [-0.1, -0.05) is 19.1 Å². The van der Waals surface area contributed by atoms with Crippen LogP contribution in [0.2, 0.25) is 0 Å². The number of thiocarbonyl (C=S) groups is 1. The summed E-state index contributed by atoms with van der Waals surface area (Å²) in [5.41, 5.74) is 5.56. The molecule has 5 nitrogen and oxygen atoms in total. The fraction of sp³-hybridized carbons (Fsp3) is 0.833. The number of likely N-dealkylation sites (tertiary alicyclic amines) is 1. The van der Waals surface area contributed by atoms with Crippen LogP contribution in [0.5, 0.6) is 0 Å². The zero-order valence-electron chi connectivity index (χ0n) is 11.1. The molecule has 0 aromatic rings. The van der Waals surface area contributed by atoms with Gasteiger partial charge in [0.25, 0.3) is 0 Å². The predicted molar refractivity (Wildman–Crippen MR) is 77.5 cm³/mol. The van der Waals surface area contributed by atoms with E-state index in [4.69, 9.17) is 18.0 Å². The van der Waals surface area contributed by atoms with Crippen molar-refractivity contribution < 1.29 is 13.2 Å². The van der Waals surface area contributed by atoms with Gasteiger partial charge in [-0.05, 0) is 19.3 Å². The number of nitrogens with zero attached hydrogens (tertiary/aromatic N) is 1. The SMILES string of the molecule is CC1(C(N)=S)CCN(C(=O)C2CCS(=O)(=O)C2)CC1. The lowest BCUT2D eigenvalue weighted by atomic mass is 9.80. The van der Waals surface area contributed by atoms with Crippen molar-refractivity contribution in [2.24, 2.45) is 17.1 Å². The van der Waals surface area contributed by atoms with Crippen LogP contribution in [0, 0.1) is 11.3 Å². The van der Waals surface area contributed by atoms with Crippen molar-refractivity contribution in [3.8, 4) is 0 Å². The molecule has 7 heteroatoms. The van der Waals surface area contributed by atoms with E-state index in [0.717, 1.165) is 12.8 Å². The Hall–Kier alpha value is -0.690.